The van der Waals surface area contributed by atoms with Gasteiger partial charge < -0.3 is 4.90 Å². The molecule has 0 unspecified atom stereocenters. The molecule has 0 saturated carbocycles. The lowest BCUT2D eigenvalue weighted by Gasteiger charge is -2.15. The number of carbonyl (C=O) groups excluding carboxylic acids is 1. The van der Waals surface area contributed by atoms with Crippen LogP contribution in [0.4, 0.5) is 0 Å². The zero-order valence-corrected chi connectivity index (χ0v) is 14.0. The summed E-state index contributed by atoms with van der Waals surface area (Å²) in [4.78, 5) is 14.4. The minimum atomic E-state index is -0.142. The van der Waals surface area contributed by atoms with Crippen molar-refractivity contribution in [2.45, 2.75) is 6.42 Å². The summed E-state index contributed by atoms with van der Waals surface area (Å²) in [5, 5.41) is 13.4. The van der Waals surface area contributed by atoms with Gasteiger partial charge in [0.2, 0.25) is 0 Å². The van der Waals surface area contributed by atoms with E-state index in [1.807, 2.05) is 60.7 Å². The van der Waals surface area contributed by atoms with Crippen molar-refractivity contribution in [3.63, 3.8) is 0 Å². The van der Waals surface area contributed by atoms with Gasteiger partial charge in [0.05, 0.1) is 23.7 Å². The first-order valence-electron chi connectivity index (χ1n) is 8.03. The molecule has 1 aromatic heterocycles. The monoisotopic (exact) mass is 330 g/mol. The Bertz CT molecular complexity index is 894. The molecule has 0 aliphatic heterocycles. The molecule has 25 heavy (non-hydrogen) atoms. The van der Waals surface area contributed by atoms with Gasteiger partial charge in [-0.1, -0.05) is 48.5 Å². The van der Waals surface area contributed by atoms with Crippen LogP contribution in [0.1, 0.15) is 16.8 Å². The van der Waals surface area contributed by atoms with Gasteiger partial charge in [-0.05, 0) is 12.1 Å². The standard InChI is InChI=1S/C20H18N4O/c1-23(14-8-13-21)20(25)18-15-24(17-11-6-3-7-12-17)22-19(18)16-9-4-2-5-10-16/h2-7,9-12,15H,8,14H2,1H3. The molecule has 1 heterocycles. The summed E-state index contributed by atoms with van der Waals surface area (Å²) in [6.07, 6.45) is 2.05. The van der Waals surface area contributed by atoms with E-state index in [-0.39, 0.29) is 5.91 Å². The molecule has 2 aromatic carbocycles. The van der Waals surface area contributed by atoms with Crippen LogP contribution in [0.5, 0.6) is 0 Å². The second-order valence-corrected chi connectivity index (χ2v) is 5.67. The van der Waals surface area contributed by atoms with Crippen molar-refractivity contribution in [3.8, 4) is 23.0 Å². The van der Waals surface area contributed by atoms with Crippen molar-refractivity contribution in [3.05, 3.63) is 72.4 Å². The molecule has 5 nitrogen and oxygen atoms in total. The number of nitrogens with zero attached hydrogens (tertiary/aromatic N) is 4. The van der Waals surface area contributed by atoms with Crippen LogP contribution < -0.4 is 0 Å². The van der Waals surface area contributed by atoms with E-state index in [1.165, 1.54) is 0 Å². The third kappa shape index (κ3) is 3.59. The van der Waals surface area contributed by atoms with Gasteiger partial charge in [0.15, 0.2) is 0 Å². The molecule has 0 spiro atoms. The first kappa shape index (κ1) is 16.5. The summed E-state index contributed by atoms with van der Waals surface area (Å²) in [5.41, 5.74) is 2.93. The quantitative estimate of drug-likeness (QED) is 0.719. The van der Waals surface area contributed by atoms with E-state index in [1.54, 1.807) is 22.8 Å². The fourth-order valence-electron chi connectivity index (χ4n) is 2.58. The molecule has 0 aliphatic rings. The third-order valence-electron chi connectivity index (χ3n) is 3.92. The van der Waals surface area contributed by atoms with E-state index in [2.05, 4.69) is 11.2 Å². The Kier molecular flexibility index (Phi) is 4.91. The molecule has 0 N–H and O–H groups in total. The van der Waals surface area contributed by atoms with Crippen molar-refractivity contribution in [2.24, 2.45) is 0 Å². The highest BCUT2D eigenvalue weighted by atomic mass is 16.2. The second kappa shape index (κ2) is 7.45. The highest BCUT2D eigenvalue weighted by Gasteiger charge is 2.21. The van der Waals surface area contributed by atoms with Crippen LogP contribution in [0.3, 0.4) is 0 Å². The van der Waals surface area contributed by atoms with Crippen molar-refractivity contribution in [1.82, 2.24) is 14.7 Å². The highest BCUT2D eigenvalue weighted by molar-refractivity contribution is 5.99. The number of para-hydroxylation sites is 1. The third-order valence-corrected chi connectivity index (χ3v) is 3.92. The predicted octanol–water partition coefficient (Wildman–Crippen LogP) is 3.52. The SMILES string of the molecule is CN(CCC#N)C(=O)c1cn(-c2ccccc2)nc1-c1ccccc1. The second-order valence-electron chi connectivity index (χ2n) is 5.67. The average molecular weight is 330 g/mol. The van der Waals surface area contributed by atoms with Crippen LogP contribution >= 0.6 is 0 Å². The van der Waals surface area contributed by atoms with Gasteiger partial charge in [-0.25, -0.2) is 4.68 Å². The largest absolute Gasteiger partial charge is 0.341 e. The van der Waals surface area contributed by atoms with Gasteiger partial charge >= 0.3 is 0 Å². The fourth-order valence-corrected chi connectivity index (χ4v) is 2.58. The summed E-state index contributed by atoms with van der Waals surface area (Å²) in [7, 11) is 1.70. The summed E-state index contributed by atoms with van der Waals surface area (Å²) in [6, 6.07) is 21.4. The van der Waals surface area contributed by atoms with Crippen LogP contribution in [0.2, 0.25) is 0 Å². The number of aromatic nitrogens is 2. The van der Waals surface area contributed by atoms with E-state index >= 15 is 0 Å². The molecular weight excluding hydrogens is 312 g/mol. The Morgan fingerprint density at radius 1 is 1.12 bits per heavy atom. The number of hydrogen-bond donors (Lipinski definition) is 0. The summed E-state index contributed by atoms with van der Waals surface area (Å²) < 4.78 is 1.72. The lowest BCUT2D eigenvalue weighted by atomic mass is 10.1. The lowest BCUT2D eigenvalue weighted by molar-refractivity contribution is 0.0798. The number of hydrogen-bond acceptors (Lipinski definition) is 3. The Balaban J connectivity index is 2.05. The molecule has 3 rings (SSSR count). The smallest absolute Gasteiger partial charge is 0.257 e. The summed E-state index contributed by atoms with van der Waals surface area (Å²) in [5.74, 6) is -0.142. The van der Waals surface area contributed by atoms with Crippen LogP contribution in [0.25, 0.3) is 16.9 Å². The maximum absolute atomic E-state index is 12.9. The van der Waals surface area contributed by atoms with Crippen molar-refractivity contribution in [2.75, 3.05) is 13.6 Å². The number of benzene rings is 2. The van der Waals surface area contributed by atoms with Crippen LogP contribution in [0.15, 0.2) is 66.9 Å². The van der Waals surface area contributed by atoms with Gasteiger partial charge in [-0.15, -0.1) is 0 Å². The molecule has 5 heteroatoms. The molecule has 0 atom stereocenters. The molecule has 0 bridgehead atoms. The maximum atomic E-state index is 12.9. The Hall–Kier alpha value is -3.39. The topological polar surface area (TPSA) is 61.9 Å². The highest BCUT2D eigenvalue weighted by Crippen LogP contribution is 2.24. The van der Waals surface area contributed by atoms with E-state index in [9.17, 15) is 4.79 Å². The molecule has 124 valence electrons. The Morgan fingerprint density at radius 2 is 1.76 bits per heavy atom. The number of rotatable bonds is 5. The van der Waals surface area contributed by atoms with Crippen LogP contribution in [-0.2, 0) is 0 Å². The minimum Gasteiger partial charge on any atom is -0.341 e. The van der Waals surface area contributed by atoms with Gasteiger partial charge in [0.25, 0.3) is 5.91 Å². The molecule has 0 radical (unpaired) electrons. The summed E-state index contributed by atoms with van der Waals surface area (Å²) in [6.45, 7) is 0.389. The van der Waals surface area contributed by atoms with Crippen molar-refractivity contribution >= 4 is 5.91 Å². The summed E-state index contributed by atoms with van der Waals surface area (Å²) >= 11 is 0. The first-order chi connectivity index (χ1) is 12.2. The van der Waals surface area contributed by atoms with E-state index in [4.69, 9.17) is 5.26 Å². The number of carbonyl (C=O) groups is 1. The van der Waals surface area contributed by atoms with Crippen LogP contribution in [-0.4, -0.2) is 34.2 Å². The Labute approximate surface area is 146 Å². The van der Waals surface area contributed by atoms with E-state index < -0.39 is 0 Å². The van der Waals surface area contributed by atoms with Gasteiger partial charge in [0.1, 0.15) is 5.69 Å². The van der Waals surface area contributed by atoms with E-state index in [0.29, 0.717) is 24.2 Å². The van der Waals surface area contributed by atoms with Gasteiger partial charge in [0, 0.05) is 25.4 Å². The van der Waals surface area contributed by atoms with Gasteiger partial charge in [-0.2, -0.15) is 10.4 Å². The molecule has 0 saturated heterocycles. The van der Waals surface area contributed by atoms with Crippen LogP contribution in [0, 0.1) is 11.3 Å². The zero-order chi connectivity index (χ0) is 17.6. The minimum absolute atomic E-state index is 0.142. The molecule has 3 aromatic rings. The van der Waals surface area contributed by atoms with Gasteiger partial charge in [-0.3, -0.25) is 4.79 Å². The van der Waals surface area contributed by atoms with E-state index in [0.717, 1.165) is 11.3 Å². The number of amides is 1. The molecule has 1 amide bonds. The van der Waals surface area contributed by atoms with Crippen molar-refractivity contribution < 1.29 is 4.79 Å². The number of nitriles is 1. The molecule has 0 fully saturated rings. The molecular formula is C20H18N4O. The zero-order valence-electron chi connectivity index (χ0n) is 14.0. The molecule has 0 aliphatic carbocycles. The average Bonchev–Trinajstić information content (AvgIpc) is 3.12. The first-order valence-corrected chi connectivity index (χ1v) is 8.03. The lowest BCUT2D eigenvalue weighted by Crippen LogP contribution is -2.27. The Morgan fingerprint density at radius 3 is 2.40 bits per heavy atom. The predicted molar refractivity (Wildman–Crippen MR) is 96.2 cm³/mol. The fraction of sp³-hybridized carbons (Fsp3) is 0.150. The maximum Gasteiger partial charge on any atom is 0.257 e. The normalized spacial score (nSPS) is 10.2. The van der Waals surface area contributed by atoms with Crippen molar-refractivity contribution in [1.29, 1.82) is 5.26 Å².